The molecule has 0 spiro atoms. The average molecular weight is 252 g/mol. The third-order valence-corrected chi connectivity index (χ3v) is 3.59. The van der Waals surface area contributed by atoms with Gasteiger partial charge in [0.15, 0.2) is 0 Å². The van der Waals surface area contributed by atoms with Gasteiger partial charge in [-0.3, -0.25) is 9.80 Å². The van der Waals surface area contributed by atoms with Crippen LogP contribution in [0, 0.1) is 5.41 Å². The van der Waals surface area contributed by atoms with Crippen molar-refractivity contribution in [2.24, 2.45) is 5.41 Å². The van der Waals surface area contributed by atoms with E-state index in [9.17, 15) is 5.11 Å². The first-order valence-electron chi connectivity index (χ1n) is 6.56. The Labute approximate surface area is 109 Å². The minimum Gasteiger partial charge on any atom is -0.468 e. The van der Waals surface area contributed by atoms with Crippen LogP contribution in [0.15, 0.2) is 22.8 Å². The molecule has 1 aromatic rings. The van der Waals surface area contributed by atoms with Crippen molar-refractivity contribution in [3.8, 4) is 0 Å². The minimum atomic E-state index is 0.210. The van der Waals surface area contributed by atoms with Crippen LogP contribution in [-0.2, 0) is 6.54 Å². The monoisotopic (exact) mass is 252 g/mol. The van der Waals surface area contributed by atoms with Gasteiger partial charge in [-0.2, -0.15) is 0 Å². The first-order chi connectivity index (χ1) is 8.50. The van der Waals surface area contributed by atoms with Gasteiger partial charge in [-0.25, -0.2) is 0 Å². The quantitative estimate of drug-likeness (QED) is 0.883. The van der Waals surface area contributed by atoms with Crippen LogP contribution in [0.1, 0.15) is 19.6 Å². The molecule has 0 radical (unpaired) electrons. The molecule has 1 aliphatic heterocycles. The van der Waals surface area contributed by atoms with E-state index in [-0.39, 0.29) is 18.1 Å². The molecule has 1 N–H and O–H groups in total. The Hall–Kier alpha value is -0.840. The van der Waals surface area contributed by atoms with Gasteiger partial charge in [-0.05, 0) is 24.6 Å². The third-order valence-electron chi connectivity index (χ3n) is 3.59. The van der Waals surface area contributed by atoms with Crippen molar-refractivity contribution >= 4 is 0 Å². The maximum Gasteiger partial charge on any atom is 0.117 e. The van der Waals surface area contributed by atoms with Gasteiger partial charge in [0.05, 0.1) is 19.4 Å². The Bertz CT molecular complexity index is 362. The number of furan rings is 1. The van der Waals surface area contributed by atoms with E-state index in [4.69, 9.17) is 4.42 Å². The van der Waals surface area contributed by atoms with Crippen LogP contribution in [0.25, 0.3) is 0 Å². The summed E-state index contributed by atoms with van der Waals surface area (Å²) in [6.07, 6.45) is 1.72. The fraction of sp³-hybridized carbons (Fsp3) is 0.714. The van der Waals surface area contributed by atoms with Crippen LogP contribution in [0.3, 0.4) is 0 Å². The number of likely N-dealkylation sites (N-methyl/N-ethyl adjacent to an activating group) is 1. The van der Waals surface area contributed by atoms with Crippen LogP contribution >= 0.6 is 0 Å². The van der Waals surface area contributed by atoms with Crippen molar-refractivity contribution in [3.05, 3.63) is 24.2 Å². The highest BCUT2D eigenvalue weighted by atomic mass is 16.3. The molecule has 102 valence electrons. The van der Waals surface area contributed by atoms with Crippen LogP contribution < -0.4 is 0 Å². The first kappa shape index (κ1) is 13.6. The highest BCUT2D eigenvalue weighted by molar-refractivity contribution is 4.99. The van der Waals surface area contributed by atoms with E-state index in [1.165, 1.54) is 0 Å². The Morgan fingerprint density at radius 2 is 2.22 bits per heavy atom. The standard InChI is InChI=1S/C14H24N2O2/c1-14(2)10-15(3)12(9-17)7-16(11-14)8-13-5-4-6-18-13/h4-6,12,17H,7-11H2,1-3H3. The van der Waals surface area contributed by atoms with Crippen molar-refractivity contribution < 1.29 is 9.52 Å². The van der Waals surface area contributed by atoms with Crippen LogP contribution in [0.5, 0.6) is 0 Å². The molecule has 1 atom stereocenters. The summed E-state index contributed by atoms with van der Waals surface area (Å²) in [6.45, 7) is 8.50. The van der Waals surface area contributed by atoms with Crippen molar-refractivity contribution in [2.45, 2.75) is 26.4 Å². The SMILES string of the molecule is CN1CC(C)(C)CN(Cc2ccco2)CC1CO. The molecular weight excluding hydrogens is 228 g/mol. The Morgan fingerprint density at radius 3 is 2.83 bits per heavy atom. The number of hydrogen-bond acceptors (Lipinski definition) is 4. The molecule has 1 aliphatic rings. The van der Waals surface area contributed by atoms with E-state index in [1.54, 1.807) is 6.26 Å². The minimum absolute atomic E-state index is 0.210. The predicted molar refractivity (Wildman–Crippen MR) is 71.3 cm³/mol. The zero-order valence-corrected chi connectivity index (χ0v) is 11.6. The van der Waals surface area contributed by atoms with Crippen LogP contribution in [-0.4, -0.2) is 54.2 Å². The molecule has 2 heterocycles. The topological polar surface area (TPSA) is 39.9 Å². The molecule has 0 bridgehead atoms. The van der Waals surface area contributed by atoms with Crippen molar-refractivity contribution in [2.75, 3.05) is 33.3 Å². The van der Waals surface area contributed by atoms with Crippen molar-refractivity contribution in [1.29, 1.82) is 0 Å². The van der Waals surface area contributed by atoms with Gasteiger partial charge in [0, 0.05) is 25.7 Å². The van der Waals surface area contributed by atoms with Gasteiger partial charge in [0.1, 0.15) is 5.76 Å². The summed E-state index contributed by atoms with van der Waals surface area (Å²) in [6, 6.07) is 4.14. The molecule has 18 heavy (non-hydrogen) atoms. The lowest BCUT2D eigenvalue weighted by Crippen LogP contribution is -2.41. The summed E-state index contributed by atoms with van der Waals surface area (Å²) in [5, 5.41) is 9.51. The number of rotatable bonds is 3. The predicted octanol–water partition coefficient (Wildman–Crippen LogP) is 1.41. The molecule has 1 unspecified atom stereocenters. The molecule has 1 aromatic heterocycles. The van der Waals surface area contributed by atoms with Gasteiger partial charge in [-0.1, -0.05) is 13.8 Å². The number of hydrogen-bond donors (Lipinski definition) is 1. The van der Waals surface area contributed by atoms with E-state index in [2.05, 4.69) is 30.7 Å². The second-order valence-corrected chi connectivity index (χ2v) is 6.16. The first-order valence-corrected chi connectivity index (χ1v) is 6.56. The number of nitrogens with zero attached hydrogens (tertiary/aromatic N) is 2. The third kappa shape index (κ3) is 3.34. The van der Waals surface area contributed by atoms with Crippen molar-refractivity contribution in [3.63, 3.8) is 0 Å². The second kappa shape index (κ2) is 5.43. The lowest BCUT2D eigenvalue weighted by atomic mass is 9.92. The van der Waals surface area contributed by atoms with Gasteiger partial charge in [0.25, 0.3) is 0 Å². The Kier molecular flexibility index (Phi) is 4.10. The molecule has 0 saturated carbocycles. The van der Waals surface area contributed by atoms with Crippen LogP contribution in [0.2, 0.25) is 0 Å². The molecule has 1 saturated heterocycles. The van der Waals surface area contributed by atoms with E-state index >= 15 is 0 Å². The van der Waals surface area contributed by atoms with Crippen LogP contribution in [0.4, 0.5) is 0 Å². The van der Waals surface area contributed by atoms with E-state index in [1.807, 2.05) is 12.1 Å². The zero-order valence-electron chi connectivity index (χ0n) is 11.6. The summed E-state index contributed by atoms with van der Waals surface area (Å²) in [7, 11) is 2.10. The van der Waals surface area contributed by atoms with Gasteiger partial charge in [0.2, 0.25) is 0 Å². The van der Waals surface area contributed by atoms with E-state index in [0.29, 0.717) is 0 Å². The number of aliphatic hydroxyl groups is 1. The molecular formula is C14H24N2O2. The largest absolute Gasteiger partial charge is 0.468 e. The fourth-order valence-corrected chi connectivity index (χ4v) is 2.90. The van der Waals surface area contributed by atoms with Gasteiger partial charge in [-0.15, -0.1) is 0 Å². The maximum atomic E-state index is 9.51. The van der Waals surface area contributed by atoms with E-state index in [0.717, 1.165) is 31.9 Å². The summed E-state index contributed by atoms with van der Waals surface area (Å²) in [5.74, 6) is 0.993. The normalized spacial score (nSPS) is 26.1. The Balaban J connectivity index is 2.08. The second-order valence-electron chi connectivity index (χ2n) is 6.16. The summed E-state index contributed by atoms with van der Waals surface area (Å²) < 4.78 is 5.42. The molecule has 4 heteroatoms. The lowest BCUT2D eigenvalue weighted by molar-refractivity contribution is 0.124. The zero-order chi connectivity index (χ0) is 13.2. The van der Waals surface area contributed by atoms with Crippen molar-refractivity contribution in [1.82, 2.24) is 9.80 Å². The summed E-state index contributed by atoms with van der Waals surface area (Å²) in [4.78, 5) is 4.64. The maximum absolute atomic E-state index is 9.51. The highest BCUT2D eigenvalue weighted by Crippen LogP contribution is 2.24. The average Bonchev–Trinajstić information content (AvgIpc) is 2.72. The molecule has 0 aromatic carbocycles. The molecule has 0 amide bonds. The van der Waals surface area contributed by atoms with Gasteiger partial charge < -0.3 is 9.52 Å². The smallest absolute Gasteiger partial charge is 0.117 e. The fourth-order valence-electron chi connectivity index (χ4n) is 2.90. The molecule has 1 fully saturated rings. The Morgan fingerprint density at radius 1 is 1.44 bits per heavy atom. The lowest BCUT2D eigenvalue weighted by Gasteiger charge is -2.29. The molecule has 2 rings (SSSR count). The molecule has 0 aliphatic carbocycles. The summed E-state index contributed by atoms with van der Waals surface area (Å²) >= 11 is 0. The highest BCUT2D eigenvalue weighted by Gasteiger charge is 2.32. The molecule has 4 nitrogen and oxygen atoms in total. The number of aliphatic hydroxyl groups excluding tert-OH is 1. The summed E-state index contributed by atoms with van der Waals surface area (Å²) in [5.41, 5.74) is 0.227. The van der Waals surface area contributed by atoms with E-state index < -0.39 is 0 Å². The van der Waals surface area contributed by atoms with Gasteiger partial charge >= 0.3 is 0 Å².